The highest BCUT2D eigenvalue weighted by Gasteiger charge is 2.40. The number of para-hydroxylation sites is 1. The van der Waals surface area contributed by atoms with Gasteiger partial charge in [0.2, 0.25) is 0 Å². The number of aromatic nitrogens is 1. The molecule has 3 rings (SSSR count). The van der Waals surface area contributed by atoms with Gasteiger partial charge in [-0.15, -0.1) is 0 Å². The molecular formula is C19H8ClF9N2OS. The molecule has 0 aliphatic rings. The van der Waals surface area contributed by atoms with E-state index in [2.05, 4.69) is 4.98 Å². The first kappa shape index (κ1) is 24.8. The number of thiazole rings is 1. The van der Waals surface area contributed by atoms with Gasteiger partial charge in [0, 0.05) is 5.56 Å². The van der Waals surface area contributed by atoms with Gasteiger partial charge in [0.25, 0.3) is 5.91 Å². The second kappa shape index (κ2) is 8.52. The Morgan fingerprint density at radius 1 is 0.818 bits per heavy atom. The molecule has 1 aromatic heterocycles. The van der Waals surface area contributed by atoms with Crippen LogP contribution in [0.5, 0.6) is 0 Å². The van der Waals surface area contributed by atoms with Crippen molar-refractivity contribution in [3.8, 4) is 0 Å². The number of carbonyl (C=O) groups excluding carboxylic acids is 1. The maximum absolute atomic E-state index is 13.2. The number of amides is 1. The molecular weight excluding hydrogens is 511 g/mol. The highest BCUT2D eigenvalue weighted by molar-refractivity contribution is 7.19. The van der Waals surface area contributed by atoms with Crippen LogP contribution in [0.2, 0.25) is 4.34 Å². The van der Waals surface area contributed by atoms with Gasteiger partial charge in [-0.05, 0) is 30.3 Å². The predicted molar refractivity (Wildman–Crippen MR) is 101 cm³/mol. The minimum Gasteiger partial charge on any atom is -0.268 e. The quantitative estimate of drug-likeness (QED) is 0.331. The monoisotopic (exact) mass is 518 g/mol. The second-order valence-corrected chi connectivity index (χ2v) is 7.97. The van der Waals surface area contributed by atoms with Crippen LogP contribution in [-0.2, 0) is 18.5 Å². The Morgan fingerprint density at radius 2 is 1.33 bits per heavy atom. The lowest BCUT2D eigenvalue weighted by atomic mass is 10.0. The van der Waals surface area contributed by atoms with E-state index >= 15 is 0 Å². The first-order chi connectivity index (χ1) is 15.1. The zero-order chi connectivity index (χ0) is 24.8. The minimum absolute atomic E-state index is 0.160. The van der Waals surface area contributed by atoms with Crippen LogP contribution in [0.4, 0.5) is 50.3 Å². The van der Waals surface area contributed by atoms with Gasteiger partial charge in [0.15, 0.2) is 10.8 Å². The average molecular weight is 519 g/mol. The molecule has 0 aliphatic carbocycles. The van der Waals surface area contributed by atoms with E-state index < -0.39 is 56.3 Å². The standard InChI is InChI=1S/C19H8ClF9N2OS/c20-14-13(19(27,28)29)30-16(33-14)31(12-4-2-1-3-5-12)15(32)9-6-10(17(21,22)23)8-11(7-9)18(24,25)26/h1-8H. The molecule has 0 saturated heterocycles. The molecule has 0 bridgehead atoms. The van der Waals surface area contributed by atoms with Crippen LogP contribution in [0, 0.1) is 0 Å². The summed E-state index contributed by atoms with van der Waals surface area (Å²) in [4.78, 5) is 16.8. The molecule has 1 amide bonds. The van der Waals surface area contributed by atoms with Crippen molar-refractivity contribution in [3.05, 3.63) is 75.3 Å². The van der Waals surface area contributed by atoms with E-state index in [1.54, 1.807) is 0 Å². The number of halogens is 10. The van der Waals surface area contributed by atoms with E-state index in [4.69, 9.17) is 11.6 Å². The second-order valence-electron chi connectivity index (χ2n) is 6.39. The molecule has 0 unspecified atom stereocenters. The molecule has 0 atom stereocenters. The van der Waals surface area contributed by atoms with Crippen LogP contribution in [0.25, 0.3) is 0 Å². The van der Waals surface area contributed by atoms with Gasteiger partial charge in [0.05, 0.1) is 16.8 Å². The first-order valence-corrected chi connectivity index (χ1v) is 9.71. The van der Waals surface area contributed by atoms with E-state index in [0.29, 0.717) is 4.90 Å². The number of alkyl halides is 9. The van der Waals surface area contributed by atoms with E-state index in [9.17, 15) is 44.3 Å². The zero-order valence-electron chi connectivity index (χ0n) is 15.6. The van der Waals surface area contributed by atoms with Crippen molar-refractivity contribution in [3.63, 3.8) is 0 Å². The number of hydrogen-bond donors (Lipinski definition) is 0. The summed E-state index contributed by atoms with van der Waals surface area (Å²) in [5.41, 5.74) is -6.31. The molecule has 0 radical (unpaired) electrons. The third-order valence-electron chi connectivity index (χ3n) is 4.09. The summed E-state index contributed by atoms with van der Waals surface area (Å²) in [7, 11) is 0. The summed E-state index contributed by atoms with van der Waals surface area (Å²) in [6.45, 7) is 0. The molecule has 0 fully saturated rings. The van der Waals surface area contributed by atoms with Gasteiger partial charge in [-0.25, -0.2) is 4.98 Å². The zero-order valence-corrected chi connectivity index (χ0v) is 17.2. The summed E-state index contributed by atoms with van der Waals surface area (Å²) < 4.78 is 118. The smallest absolute Gasteiger partial charge is 0.268 e. The lowest BCUT2D eigenvalue weighted by Gasteiger charge is -2.21. The van der Waals surface area contributed by atoms with Crippen LogP contribution in [0.15, 0.2) is 48.5 Å². The normalized spacial score (nSPS) is 12.7. The minimum atomic E-state index is -5.23. The SMILES string of the molecule is O=C(c1cc(C(F)(F)F)cc(C(F)(F)F)c1)N(c1ccccc1)c1nc(C(F)(F)F)c(Cl)s1. The summed E-state index contributed by atoms with van der Waals surface area (Å²) in [6, 6.07) is 6.75. The van der Waals surface area contributed by atoms with Crippen LogP contribution < -0.4 is 4.90 Å². The van der Waals surface area contributed by atoms with Crippen molar-refractivity contribution >= 4 is 39.7 Å². The van der Waals surface area contributed by atoms with Gasteiger partial charge in [-0.3, -0.25) is 9.69 Å². The number of benzene rings is 2. The number of rotatable bonds is 3. The third-order valence-corrected chi connectivity index (χ3v) is 5.33. The maximum Gasteiger partial charge on any atom is 0.435 e. The summed E-state index contributed by atoms with van der Waals surface area (Å²) in [6.07, 6.45) is -15.5. The molecule has 3 nitrogen and oxygen atoms in total. The van der Waals surface area contributed by atoms with Crippen LogP contribution in [-0.4, -0.2) is 10.9 Å². The molecule has 1 heterocycles. The third kappa shape index (κ3) is 5.41. The Bertz CT molecular complexity index is 1140. The first-order valence-electron chi connectivity index (χ1n) is 8.51. The molecule has 3 aromatic rings. The molecule has 0 aliphatic heterocycles. The Labute approximate surface area is 188 Å². The summed E-state index contributed by atoms with van der Waals surface area (Å²) in [5.74, 6) is -1.48. The summed E-state index contributed by atoms with van der Waals surface area (Å²) in [5, 5.41) is -0.700. The lowest BCUT2D eigenvalue weighted by Crippen LogP contribution is -2.27. The van der Waals surface area contributed by atoms with Gasteiger partial charge in [0.1, 0.15) is 4.34 Å². The number of nitrogens with zero attached hydrogens (tertiary/aromatic N) is 2. The average Bonchev–Trinajstić information content (AvgIpc) is 3.09. The maximum atomic E-state index is 13.2. The molecule has 14 heteroatoms. The Kier molecular flexibility index (Phi) is 6.41. The molecule has 2 aromatic carbocycles. The molecule has 0 N–H and O–H groups in total. The van der Waals surface area contributed by atoms with Crippen molar-refractivity contribution in [2.75, 3.05) is 4.90 Å². The number of hydrogen-bond acceptors (Lipinski definition) is 3. The molecule has 33 heavy (non-hydrogen) atoms. The summed E-state index contributed by atoms with van der Waals surface area (Å²) >= 11 is 5.76. The highest BCUT2D eigenvalue weighted by atomic mass is 35.5. The van der Waals surface area contributed by atoms with Crippen molar-refractivity contribution in [1.29, 1.82) is 0 Å². The number of carbonyl (C=O) groups is 1. The van der Waals surface area contributed by atoms with Crippen LogP contribution >= 0.6 is 22.9 Å². The van der Waals surface area contributed by atoms with Gasteiger partial charge >= 0.3 is 18.5 Å². The van der Waals surface area contributed by atoms with Crippen LogP contribution in [0.3, 0.4) is 0 Å². The highest BCUT2D eigenvalue weighted by Crippen LogP contribution is 2.43. The van der Waals surface area contributed by atoms with Gasteiger partial charge in [-0.1, -0.05) is 41.1 Å². The fourth-order valence-electron chi connectivity index (χ4n) is 2.66. The van der Waals surface area contributed by atoms with Crippen molar-refractivity contribution < 1.29 is 44.3 Å². The molecule has 0 saturated carbocycles. The van der Waals surface area contributed by atoms with E-state index in [0.717, 1.165) is 0 Å². The largest absolute Gasteiger partial charge is 0.435 e. The van der Waals surface area contributed by atoms with Crippen molar-refractivity contribution in [2.24, 2.45) is 0 Å². The van der Waals surface area contributed by atoms with Crippen molar-refractivity contribution in [2.45, 2.75) is 18.5 Å². The molecule has 0 spiro atoms. The Morgan fingerprint density at radius 3 is 1.76 bits per heavy atom. The lowest BCUT2D eigenvalue weighted by molar-refractivity contribution is -0.143. The van der Waals surface area contributed by atoms with E-state index in [1.165, 1.54) is 30.3 Å². The van der Waals surface area contributed by atoms with Crippen molar-refractivity contribution in [1.82, 2.24) is 4.98 Å². The van der Waals surface area contributed by atoms with E-state index in [1.807, 2.05) is 0 Å². The molecule has 176 valence electrons. The number of anilines is 2. The predicted octanol–water partition coefficient (Wildman–Crippen LogP) is 7.83. The fourth-order valence-corrected chi connectivity index (χ4v) is 3.85. The Hall–Kier alpha value is -2.80. The van der Waals surface area contributed by atoms with Gasteiger partial charge in [-0.2, -0.15) is 39.5 Å². The van der Waals surface area contributed by atoms with Gasteiger partial charge < -0.3 is 0 Å². The van der Waals surface area contributed by atoms with Crippen LogP contribution in [0.1, 0.15) is 27.2 Å². The topological polar surface area (TPSA) is 33.2 Å². The fraction of sp³-hybridized carbons (Fsp3) is 0.158. The Balaban J connectivity index is 2.22. The van der Waals surface area contributed by atoms with E-state index in [-0.39, 0.29) is 35.2 Å².